The number of anilines is 1. The van der Waals surface area contributed by atoms with Crippen LogP contribution in [0.4, 0.5) is 18.9 Å². The molecule has 1 aliphatic heterocycles. The maximum absolute atomic E-state index is 13.1. The van der Waals surface area contributed by atoms with Gasteiger partial charge in [0.25, 0.3) is 0 Å². The van der Waals surface area contributed by atoms with E-state index in [4.69, 9.17) is 4.99 Å². The van der Waals surface area contributed by atoms with Crippen molar-refractivity contribution in [2.45, 2.75) is 51.4 Å². The molecule has 1 aliphatic carbocycles. The Morgan fingerprint density at radius 3 is 2.47 bits per heavy atom. The molecular formula is C22H30F3N7. The zero-order valence-electron chi connectivity index (χ0n) is 18.6. The Labute approximate surface area is 186 Å². The van der Waals surface area contributed by atoms with Gasteiger partial charge in [0.2, 0.25) is 0 Å². The minimum Gasteiger partial charge on any atom is -0.368 e. The molecule has 4 rings (SSSR count). The first-order chi connectivity index (χ1) is 15.3. The molecule has 7 nitrogen and oxygen atoms in total. The van der Waals surface area contributed by atoms with Crippen LogP contribution in [0.1, 0.15) is 42.9 Å². The van der Waals surface area contributed by atoms with Gasteiger partial charge in [0.1, 0.15) is 12.4 Å². The quantitative estimate of drug-likeness (QED) is 0.573. The lowest BCUT2D eigenvalue weighted by Gasteiger charge is -2.38. The lowest BCUT2D eigenvalue weighted by molar-refractivity contribution is -0.137. The molecule has 2 fully saturated rings. The molecule has 2 aromatic rings. The Kier molecular flexibility index (Phi) is 6.57. The van der Waals surface area contributed by atoms with Crippen molar-refractivity contribution in [3.8, 4) is 0 Å². The highest BCUT2D eigenvalue weighted by atomic mass is 19.4. The lowest BCUT2D eigenvalue weighted by Crippen LogP contribution is -2.54. The van der Waals surface area contributed by atoms with Crippen LogP contribution in [0.25, 0.3) is 0 Å². The molecule has 0 radical (unpaired) electrons. The van der Waals surface area contributed by atoms with Crippen molar-refractivity contribution in [3.63, 3.8) is 0 Å². The van der Waals surface area contributed by atoms with Gasteiger partial charge in [-0.2, -0.15) is 13.2 Å². The van der Waals surface area contributed by atoms with Crippen LogP contribution < -0.4 is 10.2 Å². The van der Waals surface area contributed by atoms with Gasteiger partial charge in [-0.25, -0.2) is 4.99 Å². The van der Waals surface area contributed by atoms with Crippen molar-refractivity contribution in [2.75, 3.05) is 31.1 Å². The number of aliphatic imine (C=N–C) groups is 1. The first-order valence-electron chi connectivity index (χ1n) is 11.1. The van der Waals surface area contributed by atoms with E-state index in [2.05, 4.69) is 20.4 Å². The van der Waals surface area contributed by atoms with Crippen LogP contribution >= 0.6 is 0 Å². The monoisotopic (exact) mass is 449 g/mol. The number of nitrogens with zero attached hydrogens (tertiary/aromatic N) is 6. The van der Waals surface area contributed by atoms with Crippen LogP contribution in [0.15, 0.2) is 29.3 Å². The minimum atomic E-state index is -4.33. The molecule has 0 atom stereocenters. The second-order valence-electron chi connectivity index (χ2n) is 8.51. The Bertz CT molecular complexity index is 939. The molecular weight excluding hydrogens is 419 g/mol. The highest BCUT2D eigenvalue weighted by Crippen LogP contribution is 2.32. The summed E-state index contributed by atoms with van der Waals surface area (Å²) in [7, 11) is 1.93. The van der Waals surface area contributed by atoms with E-state index in [-0.39, 0.29) is 0 Å². The van der Waals surface area contributed by atoms with Crippen molar-refractivity contribution in [2.24, 2.45) is 12.0 Å². The molecule has 1 aromatic heterocycles. The molecule has 1 saturated heterocycles. The summed E-state index contributed by atoms with van der Waals surface area (Å²) in [5, 5.41) is 11.9. The molecule has 2 heterocycles. The summed E-state index contributed by atoms with van der Waals surface area (Å²) in [6, 6.07) is 5.98. The molecule has 0 amide bonds. The van der Waals surface area contributed by atoms with Crippen molar-refractivity contribution < 1.29 is 13.2 Å². The predicted octanol–water partition coefficient (Wildman–Crippen LogP) is 3.35. The number of aryl methyl sites for hydroxylation is 1. The van der Waals surface area contributed by atoms with Gasteiger partial charge >= 0.3 is 6.18 Å². The van der Waals surface area contributed by atoms with E-state index in [1.54, 1.807) is 6.07 Å². The molecule has 10 heteroatoms. The van der Waals surface area contributed by atoms with Gasteiger partial charge in [-0.05, 0) is 38.0 Å². The molecule has 32 heavy (non-hydrogen) atoms. The number of aromatic nitrogens is 3. The third-order valence-electron chi connectivity index (χ3n) is 6.36. The molecule has 174 valence electrons. The van der Waals surface area contributed by atoms with Crippen LogP contribution in [0.5, 0.6) is 0 Å². The second kappa shape index (κ2) is 9.38. The predicted molar refractivity (Wildman–Crippen MR) is 118 cm³/mol. The van der Waals surface area contributed by atoms with Crippen LogP contribution in [0.2, 0.25) is 0 Å². The fourth-order valence-electron chi connectivity index (χ4n) is 4.28. The maximum atomic E-state index is 13.1. The Morgan fingerprint density at radius 1 is 1.12 bits per heavy atom. The summed E-state index contributed by atoms with van der Waals surface area (Å²) in [4.78, 5) is 9.05. The molecule has 0 bridgehead atoms. The number of rotatable bonds is 4. The lowest BCUT2D eigenvalue weighted by atomic mass is 10.1. The van der Waals surface area contributed by atoms with Gasteiger partial charge in [0.15, 0.2) is 11.8 Å². The normalized spacial score (nSPS) is 18.5. The van der Waals surface area contributed by atoms with Gasteiger partial charge in [-0.3, -0.25) is 0 Å². The van der Waals surface area contributed by atoms with Crippen molar-refractivity contribution >= 4 is 11.6 Å². The molecule has 1 saturated carbocycles. The molecule has 2 aliphatic rings. The Morgan fingerprint density at radius 2 is 1.84 bits per heavy atom. The van der Waals surface area contributed by atoms with E-state index in [0.717, 1.165) is 36.5 Å². The molecule has 0 spiro atoms. The first-order valence-corrected chi connectivity index (χ1v) is 11.1. The fourth-order valence-corrected chi connectivity index (χ4v) is 4.28. The first kappa shape index (κ1) is 22.4. The van der Waals surface area contributed by atoms with Crippen molar-refractivity contribution in [3.05, 3.63) is 41.5 Å². The topological polar surface area (TPSA) is 61.6 Å². The van der Waals surface area contributed by atoms with Crippen LogP contribution in [0.3, 0.4) is 0 Å². The Hall–Kier alpha value is -2.78. The van der Waals surface area contributed by atoms with Gasteiger partial charge in [0.05, 0.1) is 5.56 Å². The van der Waals surface area contributed by atoms with E-state index >= 15 is 0 Å². The highest BCUT2D eigenvalue weighted by Gasteiger charge is 2.31. The highest BCUT2D eigenvalue weighted by molar-refractivity contribution is 5.80. The van der Waals surface area contributed by atoms with E-state index in [0.29, 0.717) is 44.5 Å². The van der Waals surface area contributed by atoms with Crippen LogP contribution in [0, 0.1) is 6.92 Å². The fraction of sp³-hybridized carbons (Fsp3) is 0.591. The number of piperazine rings is 1. The third kappa shape index (κ3) is 5.16. The standard InChI is InChI=1S/C22H30F3N7/c1-16-28-29-20(30(16)2)15-26-21(27-18-7-3-4-8-18)32-12-10-31(11-13-32)19-9-5-6-17(14-19)22(23,24)25/h5-6,9,14,18H,3-4,7-8,10-13,15H2,1-2H3,(H,26,27). The SMILES string of the molecule is Cc1nnc(CN=C(NC2CCCC2)N2CCN(c3cccc(C(F)(F)F)c3)CC2)n1C. The molecule has 1 aromatic carbocycles. The summed E-state index contributed by atoms with van der Waals surface area (Å²) in [6.45, 7) is 4.98. The van der Waals surface area contributed by atoms with Crippen LogP contribution in [-0.2, 0) is 19.8 Å². The zero-order valence-corrected chi connectivity index (χ0v) is 18.6. The van der Waals surface area contributed by atoms with Crippen molar-refractivity contribution in [1.82, 2.24) is 25.0 Å². The maximum Gasteiger partial charge on any atom is 0.416 e. The third-order valence-corrected chi connectivity index (χ3v) is 6.36. The van der Waals surface area contributed by atoms with E-state index in [1.807, 2.05) is 23.4 Å². The van der Waals surface area contributed by atoms with Gasteiger partial charge in [-0.1, -0.05) is 18.9 Å². The summed E-state index contributed by atoms with van der Waals surface area (Å²) in [5.41, 5.74) is -0.00201. The second-order valence-corrected chi connectivity index (χ2v) is 8.51. The number of alkyl halides is 3. The summed E-state index contributed by atoms with van der Waals surface area (Å²) < 4.78 is 41.2. The van der Waals surface area contributed by atoms with E-state index in [1.165, 1.54) is 25.0 Å². The largest absolute Gasteiger partial charge is 0.416 e. The molecule has 1 N–H and O–H groups in total. The zero-order chi connectivity index (χ0) is 22.7. The van der Waals surface area contributed by atoms with Crippen molar-refractivity contribution in [1.29, 1.82) is 0 Å². The smallest absolute Gasteiger partial charge is 0.368 e. The van der Waals surface area contributed by atoms with Gasteiger partial charge < -0.3 is 19.7 Å². The average molecular weight is 450 g/mol. The summed E-state index contributed by atoms with van der Waals surface area (Å²) >= 11 is 0. The number of hydrogen-bond acceptors (Lipinski definition) is 4. The number of benzene rings is 1. The number of guanidine groups is 1. The minimum absolute atomic E-state index is 0.413. The number of nitrogens with one attached hydrogen (secondary N) is 1. The van der Waals surface area contributed by atoms with Gasteiger partial charge in [0, 0.05) is 45.0 Å². The van der Waals surface area contributed by atoms with E-state index in [9.17, 15) is 13.2 Å². The number of hydrogen-bond donors (Lipinski definition) is 1. The van der Waals surface area contributed by atoms with E-state index < -0.39 is 11.7 Å². The average Bonchev–Trinajstić information content (AvgIpc) is 3.41. The van der Waals surface area contributed by atoms with Gasteiger partial charge in [-0.15, -0.1) is 10.2 Å². The summed E-state index contributed by atoms with van der Waals surface area (Å²) in [6.07, 6.45) is 0.368. The Balaban J connectivity index is 1.45. The number of halogens is 3. The van der Waals surface area contributed by atoms with Crippen LogP contribution in [-0.4, -0.2) is 57.8 Å². The summed E-state index contributed by atoms with van der Waals surface area (Å²) in [5.74, 6) is 2.49. The molecule has 0 unspecified atom stereocenters.